The summed E-state index contributed by atoms with van der Waals surface area (Å²) >= 11 is 1.53. The van der Waals surface area contributed by atoms with E-state index in [1.807, 2.05) is 54.0 Å². The van der Waals surface area contributed by atoms with Gasteiger partial charge in [-0.25, -0.2) is 0 Å². The van der Waals surface area contributed by atoms with Gasteiger partial charge in [0.25, 0.3) is 0 Å². The third kappa shape index (κ3) is 5.69. The van der Waals surface area contributed by atoms with E-state index in [1.54, 1.807) is 0 Å². The highest BCUT2D eigenvalue weighted by Crippen LogP contribution is 2.26. The normalized spacial score (nSPS) is 12.9. The first-order valence-electron chi connectivity index (χ1n) is 7.02. The van der Waals surface area contributed by atoms with Gasteiger partial charge in [0, 0.05) is 4.88 Å². The van der Waals surface area contributed by atoms with Crippen molar-refractivity contribution < 1.29 is 18.0 Å². The fourth-order valence-corrected chi connectivity index (χ4v) is 2.88. The predicted molar refractivity (Wildman–Crippen MR) is 84.4 cm³/mol. The molecule has 1 heterocycles. The standard InChI is InChI=1S/C16H17F3N2OS/c1-11-4-6-12(7-5-11)15(13-3-2-8-23-13)20-9-14(22)21-10-16(17,18)19/h2-8,15,20H,9-10H2,1H3,(H,21,22)/t15-/m0/s1. The van der Waals surface area contributed by atoms with Crippen molar-refractivity contribution in [1.82, 2.24) is 10.6 Å². The van der Waals surface area contributed by atoms with Crippen LogP contribution in [0.2, 0.25) is 0 Å². The average Bonchev–Trinajstić information content (AvgIpc) is 3.00. The third-order valence-corrected chi connectivity index (χ3v) is 4.13. The van der Waals surface area contributed by atoms with E-state index in [4.69, 9.17) is 0 Å². The number of carbonyl (C=O) groups excluding carboxylic acids is 1. The van der Waals surface area contributed by atoms with Gasteiger partial charge in [-0.3, -0.25) is 10.1 Å². The van der Waals surface area contributed by atoms with Crippen molar-refractivity contribution in [2.45, 2.75) is 19.1 Å². The van der Waals surface area contributed by atoms with Crippen molar-refractivity contribution in [1.29, 1.82) is 0 Å². The van der Waals surface area contributed by atoms with Crippen molar-refractivity contribution in [2.24, 2.45) is 0 Å². The molecule has 0 aliphatic carbocycles. The second-order valence-corrected chi connectivity index (χ2v) is 6.11. The van der Waals surface area contributed by atoms with E-state index in [9.17, 15) is 18.0 Å². The van der Waals surface area contributed by atoms with Crippen molar-refractivity contribution in [3.8, 4) is 0 Å². The van der Waals surface area contributed by atoms with E-state index >= 15 is 0 Å². The molecular formula is C16H17F3N2OS. The van der Waals surface area contributed by atoms with Crippen LogP contribution in [0.5, 0.6) is 0 Å². The summed E-state index contributed by atoms with van der Waals surface area (Å²) in [6.45, 7) is 0.468. The van der Waals surface area contributed by atoms with E-state index in [2.05, 4.69) is 5.32 Å². The van der Waals surface area contributed by atoms with Crippen LogP contribution in [0.15, 0.2) is 41.8 Å². The Morgan fingerprint density at radius 1 is 1.22 bits per heavy atom. The molecule has 2 aromatic rings. The second kappa shape index (κ2) is 7.61. The van der Waals surface area contributed by atoms with E-state index in [0.29, 0.717) is 0 Å². The molecule has 0 saturated carbocycles. The molecule has 1 aromatic carbocycles. The Morgan fingerprint density at radius 3 is 2.48 bits per heavy atom. The molecule has 0 aliphatic rings. The summed E-state index contributed by atoms with van der Waals surface area (Å²) in [5, 5.41) is 6.80. The second-order valence-electron chi connectivity index (χ2n) is 5.13. The summed E-state index contributed by atoms with van der Waals surface area (Å²) in [5.41, 5.74) is 2.07. The number of thiophene rings is 1. The Hall–Kier alpha value is -1.86. The fraction of sp³-hybridized carbons (Fsp3) is 0.312. The molecule has 0 spiro atoms. The Bertz CT molecular complexity index is 624. The van der Waals surface area contributed by atoms with Gasteiger partial charge in [-0.05, 0) is 23.9 Å². The number of carbonyl (C=O) groups is 1. The number of hydrogen-bond acceptors (Lipinski definition) is 3. The molecule has 7 heteroatoms. The van der Waals surface area contributed by atoms with Gasteiger partial charge < -0.3 is 5.32 Å². The maximum atomic E-state index is 12.1. The highest BCUT2D eigenvalue weighted by molar-refractivity contribution is 7.10. The van der Waals surface area contributed by atoms with Crippen LogP contribution in [0.4, 0.5) is 13.2 Å². The lowest BCUT2D eigenvalue weighted by molar-refractivity contribution is -0.137. The van der Waals surface area contributed by atoms with Crippen molar-refractivity contribution >= 4 is 17.2 Å². The summed E-state index contributed by atoms with van der Waals surface area (Å²) in [7, 11) is 0. The molecule has 23 heavy (non-hydrogen) atoms. The van der Waals surface area contributed by atoms with Gasteiger partial charge >= 0.3 is 6.18 Å². The van der Waals surface area contributed by atoms with Gasteiger partial charge in [0.1, 0.15) is 6.54 Å². The minimum Gasteiger partial charge on any atom is -0.346 e. The first kappa shape index (κ1) is 17.5. The quantitative estimate of drug-likeness (QED) is 0.845. The summed E-state index contributed by atoms with van der Waals surface area (Å²) in [4.78, 5) is 12.6. The molecule has 0 unspecified atom stereocenters. The lowest BCUT2D eigenvalue weighted by Crippen LogP contribution is -2.40. The van der Waals surface area contributed by atoms with Gasteiger partial charge in [-0.2, -0.15) is 13.2 Å². The Balaban J connectivity index is 2.02. The molecular weight excluding hydrogens is 325 g/mol. The molecule has 0 aliphatic heterocycles. The maximum Gasteiger partial charge on any atom is 0.405 e. The third-order valence-electron chi connectivity index (χ3n) is 3.19. The van der Waals surface area contributed by atoms with Crippen molar-refractivity contribution in [3.05, 3.63) is 57.8 Å². The van der Waals surface area contributed by atoms with Crippen LogP contribution in [-0.4, -0.2) is 25.2 Å². The molecule has 2 rings (SSSR count). The number of hydrogen-bond donors (Lipinski definition) is 2. The van der Waals surface area contributed by atoms with Gasteiger partial charge in [-0.15, -0.1) is 11.3 Å². The van der Waals surface area contributed by atoms with Crippen LogP contribution in [0.1, 0.15) is 22.0 Å². The summed E-state index contributed by atoms with van der Waals surface area (Å²) in [6.07, 6.45) is -4.40. The zero-order valence-electron chi connectivity index (χ0n) is 12.5. The monoisotopic (exact) mass is 342 g/mol. The number of amides is 1. The average molecular weight is 342 g/mol. The summed E-state index contributed by atoms with van der Waals surface area (Å²) in [5.74, 6) is -0.684. The van der Waals surface area contributed by atoms with Gasteiger partial charge in [-0.1, -0.05) is 35.9 Å². The molecule has 0 radical (unpaired) electrons. The van der Waals surface area contributed by atoms with Gasteiger partial charge in [0.15, 0.2) is 0 Å². The minimum atomic E-state index is -4.40. The van der Waals surface area contributed by atoms with Crippen molar-refractivity contribution in [3.63, 3.8) is 0 Å². The lowest BCUT2D eigenvalue weighted by atomic mass is 10.0. The van der Waals surface area contributed by atoms with Crippen LogP contribution < -0.4 is 10.6 Å². The van der Waals surface area contributed by atoms with Gasteiger partial charge in [0.2, 0.25) is 5.91 Å². The molecule has 0 saturated heterocycles. The number of nitrogens with one attached hydrogen (secondary N) is 2. The summed E-state index contributed by atoms with van der Waals surface area (Å²) < 4.78 is 36.3. The van der Waals surface area contributed by atoms with Crippen LogP contribution in [0.25, 0.3) is 0 Å². The highest BCUT2D eigenvalue weighted by atomic mass is 32.1. The van der Waals surface area contributed by atoms with Crippen LogP contribution in [0.3, 0.4) is 0 Å². The molecule has 0 bridgehead atoms. The number of halogens is 3. The molecule has 3 nitrogen and oxygen atoms in total. The topological polar surface area (TPSA) is 41.1 Å². The molecule has 2 N–H and O–H groups in total. The number of benzene rings is 1. The van der Waals surface area contributed by atoms with Crippen LogP contribution in [0, 0.1) is 6.92 Å². The molecule has 1 atom stereocenters. The van der Waals surface area contributed by atoms with E-state index in [1.165, 1.54) is 11.3 Å². The predicted octanol–water partition coefficient (Wildman–Crippen LogP) is 3.41. The zero-order chi connectivity index (χ0) is 16.9. The van der Waals surface area contributed by atoms with Crippen LogP contribution >= 0.6 is 11.3 Å². The Kier molecular flexibility index (Phi) is 5.79. The highest BCUT2D eigenvalue weighted by Gasteiger charge is 2.27. The molecule has 0 fully saturated rings. The summed E-state index contributed by atoms with van der Waals surface area (Å²) in [6, 6.07) is 11.4. The van der Waals surface area contributed by atoms with E-state index in [-0.39, 0.29) is 12.6 Å². The molecule has 1 aromatic heterocycles. The first-order chi connectivity index (χ1) is 10.8. The maximum absolute atomic E-state index is 12.1. The molecule has 1 amide bonds. The van der Waals surface area contributed by atoms with E-state index < -0.39 is 18.6 Å². The minimum absolute atomic E-state index is 0.188. The smallest absolute Gasteiger partial charge is 0.346 e. The zero-order valence-corrected chi connectivity index (χ0v) is 13.3. The number of aryl methyl sites for hydroxylation is 1. The number of rotatable bonds is 6. The molecule has 124 valence electrons. The first-order valence-corrected chi connectivity index (χ1v) is 7.90. The Labute approximate surface area is 136 Å². The van der Waals surface area contributed by atoms with Gasteiger partial charge in [0.05, 0.1) is 12.6 Å². The lowest BCUT2D eigenvalue weighted by Gasteiger charge is -2.18. The fourth-order valence-electron chi connectivity index (χ4n) is 2.05. The largest absolute Gasteiger partial charge is 0.405 e. The van der Waals surface area contributed by atoms with Crippen molar-refractivity contribution in [2.75, 3.05) is 13.1 Å². The SMILES string of the molecule is Cc1ccc([C@H](NCC(=O)NCC(F)(F)F)c2cccs2)cc1. The number of alkyl halides is 3. The van der Waals surface area contributed by atoms with E-state index in [0.717, 1.165) is 16.0 Å². The Morgan fingerprint density at radius 2 is 1.91 bits per heavy atom. The van der Waals surface area contributed by atoms with Crippen LogP contribution in [-0.2, 0) is 4.79 Å².